The number of ether oxygens (including phenoxy) is 1. The number of hydrogen-bond acceptors (Lipinski definition) is 1. The lowest BCUT2D eigenvalue weighted by Gasteiger charge is -2.26. The van der Waals surface area contributed by atoms with Crippen LogP contribution in [0.2, 0.25) is 0 Å². The Kier molecular flexibility index (Phi) is 6.28. The second-order valence-corrected chi connectivity index (χ2v) is 7.22. The number of alkyl halides is 4. The largest absolute Gasteiger partial charge is 0.461 e. The average molecular weight is 390 g/mol. The second-order valence-electron chi connectivity index (χ2n) is 7.22. The molecule has 0 unspecified atom stereocenters. The van der Waals surface area contributed by atoms with E-state index in [1.165, 1.54) is 35.4 Å². The second kappa shape index (κ2) is 8.68. The van der Waals surface area contributed by atoms with Crippen molar-refractivity contribution in [2.75, 3.05) is 0 Å². The molecule has 1 aliphatic carbocycles. The Hall–Kier alpha value is -2.48. The Morgan fingerprint density at radius 2 is 1.54 bits per heavy atom. The number of halogens is 4. The molecule has 0 aliphatic heterocycles. The first-order valence-electron chi connectivity index (χ1n) is 9.36. The molecule has 5 heteroatoms. The summed E-state index contributed by atoms with van der Waals surface area (Å²) in [6.07, 6.45) is -4.14. The van der Waals surface area contributed by atoms with Gasteiger partial charge in [0, 0.05) is 11.5 Å². The van der Waals surface area contributed by atoms with Crippen molar-refractivity contribution < 1.29 is 22.3 Å². The van der Waals surface area contributed by atoms with Crippen molar-refractivity contribution in [2.24, 2.45) is 5.92 Å². The molecule has 1 nitrogen and oxygen atoms in total. The molecule has 0 N–H and O–H groups in total. The molecule has 0 aromatic heterocycles. The van der Waals surface area contributed by atoms with E-state index in [0.717, 1.165) is 25.7 Å². The lowest BCUT2D eigenvalue weighted by molar-refractivity contribution is -0.253. The molecule has 1 aliphatic rings. The van der Waals surface area contributed by atoms with Crippen molar-refractivity contribution in [1.29, 1.82) is 0 Å². The van der Waals surface area contributed by atoms with Gasteiger partial charge in [0.1, 0.15) is 5.75 Å². The predicted octanol–water partition coefficient (Wildman–Crippen LogP) is 6.56. The van der Waals surface area contributed by atoms with Crippen molar-refractivity contribution in [3.05, 3.63) is 65.2 Å². The summed E-state index contributed by atoms with van der Waals surface area (Å²) in [4.78, 5) is 0. The molecular formula is C23H22F4O. The van der Waals surface area contributed by atoms with Gasteiger partial charge in [-0.1, -0.05) is 41.7 Å². The highest BCUT2D eigenvalue weighted by Crippen LogP contribution is 2.35. The zero-order valence-electron chi connectivity index (χ0n) is 15.6. The monoisotopic (exact) mass is 390 g/mol. The summed E-state index contributed by atoms with van der Waals surface area (Å²) in [5.41, 5.74) is 3.29. The Bertz CT molecular complexity index is 824. The summed E-state index contributed by atoms with van der Waals surface area (Å²) in [5, 5.41) is 0. The normalized spacial score (nSPS) is 19.8. The number of hydrogen-bond donors (Lipinski definition) is 0. The fraction of sp³-hybridized carbons (Fsp3) is 0.391. The van der Waals surface area contributed by atoms with E-state index in [1.54, 1.807) is 0 Å². The fourth-order valence-electron chi connectivity index (χ4n) is 3.40. The summed E-state index contributed by atoms with van der Waals surface area (Å²) in [6, 6.07) is 14.2. The van der Waals surface area contributed by atoms with Gasteiger partial charge in [0.25, 0.3) is 0 Å². The first kappa shape index (κ1) is 20.3. The van der Waals surface area contributed by atoms with Gasteiger partial charge >= 0.3 is 12.5 Å². The minimum Gasteiger partial charge on any atom is -0.428 e. The van der Waals surface area contributed by atoms with Crippen molar-refractivity contribution in [3.63, 3.8) is 0 Å². The van der Waals surface area contributed by atoms with E-state index in [-0.39, 0.29) is 5.75 Å². The summed E-state index contributed by atoms with van der Waals surface area (Å²) in [6.45, 7) is 2.08. The lowest BCUT2D eigenvalue weighted by atomic mass is 9.79. The highest BCUT2D eigenvalue weighted by Gasteiger charge is 2.43. The first-order chi connectivity index (χ1) is 13.3. The van der Waals surface area contributed by atoms with Crippen LogP contribution in [0.1, 0.15) is 48.3 Å². The number of aryl methyl sites for hydroxylation is 1. The van der Waals surface area contributed by atoms with E-state index < -0.39 is 12.5 Å². The molecule has 2 aromatic rings. The molecule has 0 spiro atoms. The van der Waals surface area contributed by atoms with Crippen LogP contribution in [0, 0.1) is 24.7 Å². The van der Waals surface area contributed by atoms with Crippen LogP contribution in [-0.4, -0.2) is 12.5 Å². The van der Waals surface area contributed by atoms with Crippen molar-refractivity contribution >= 4 is 0 Å². The van der Waals surface area contributed by atoms with Gasteiger partial charge in [-0.05, 0) is 68.4 Å². The third-order valence-electron chi connectivity index (χ3n) is 5.06. The van der Waals surface area contributed by atoms with Crippen molar-refractivity contribution in [3.8, 4) is 17.6 Å². The standard InChI is InChI=1S/C23H22F4O/c1-16-2-10-19(11-3-16)20-12-6-17(7-13-20)4-5-18-8-14-21(15-9-18)28-23(26,27)22(24)25/h2-3,8-11,14-15,17,20,22H,6-7,12-13H2,1H3/t17-,20-. The molecule has 0 amide bonds. The van der Waals surface area contributed by atoms with Crippen LogP contribution in [0.15, 0.2) is 48.5 Å². The molecule has 0 heterocycles. The lowest BCUT2D eigenvalue weighted by Crippen LogP contribution is -2.33. The Morgan fingerprint density at radius 1 is 0.929 bits per heavy atom. The molecule has 0 saturated heterocycles. The molecule has 3 rings (SSSR count). The highest BCUT2D eigenvalue weighted by molar-refractivity contribution is 5.39. The van der Waals surface area contributed by atoms with Crippen LogP contribution in [0.3, 0.4) is 0 Å². The molecule has 0 bridgehead atoms. The van der Waals surface area contributed by atoms with E-state index >= 15 is 0 Å². The highest BCUT2D eigenvalue weighted by atomic mass is 19.3. The SMILES string of the molecule is Cc1ccc([C@H]2CC[C@H](C#Cc3ccc(OC(F)(F)C(F)F)cc3)CC2)cc1. The Morgan fingerprint density at radius 3 is 2.11 bits per heavy atom. The van der Waals surface area contributed by atoms with Gasteiger partial charge < -0.3 is 4.74 Å². The summed E-state index contributed by atoms with van der Waals surface area (Å²) in [5.74, 6) is 6.87. The van der Waals surface area contributed by atoms with Gasteiger partial charge in [-0.25, -0.2) is 0 Å². The Labute approximate surface area is 162 Å². The zero-order valence-corrected chi connectivity index (χ0v) is 15.6. The predicted molar refractivity (Wildman–Crippen MR) is 101 cm³/mol. The van der Waals surface area contributed by atoms with Crippen molar-refractivity contribution in [2.45, 2.75) is 51.1 Å². The quantitative estimate of drug-likeness (QED) is 0.424. The zero-order chi connectivity index (χ0) is 20.1. The summed E-state index contributed by atoms with van der Waals surface area (Å²) >= 11 is 0. The number of rotatable bonds is 4. The minimum absolute atomic E-state index is 0.306. The molecule has 28 heavy (non-hydrogen) atoms. The molecule has 1 fully saturated rings. The third-order valence-corrected chi connectivity index (χ3v) is 5.06. The van der Waals surface area contributed by atoms with E-state index in [0.29, 0.717) is 17.4 Å². The smallest absolute Gasteiger partial charge is 0.428 e. The molecule has 0 atom stereocenters. The van der Waals surface area contributed by atoms with E-state index in [4.69, 9.17) is 0 Å². The maximum atomic E-state index is 12.9. The maximum absolute atomic E-state index is 12.9. The number of benzene rings is 2. The van der Waals surface area contributed by atoms with E-state index in [1.807, 2.05) is 0 Å². The Balaban J connectivity index is 1.54. The van der Waals surface area contributed by atoms with Crippen LogP contribution in [0.4, 0.5) is 17.6 Å². The van der Waals surface area contributed by atoms with Crippen LogP contribution >= 0.6 is 0 Å². The minimum atomic E-state index is -4.50. The van der Waals surface area contributed by atoms with E-state index in [9.17, 15) is 17.6 Å². The molecule has 2 aromatic carbocycles. The fourth-order valence-corrected chi connectivity index (χ4v) is 3.40. The van der Waals surface area contributed by atoms with Gasteiger partial charge in [-0.15, -0.1) is 0 Å². The average Bonchev–Trinajstić information content (AvgIpc) is 2.68. The summed E-state index contributed by atoms with van der Waals surface area (Å²) < 4.78 is 54.2. The maximum Gasteiger partial charge on any atom is 0.461 e. The van der Waals surface area contributed by atoms with Gasteiger partial charge in [0.15, 0.2) is 0 Å². The molecule has 1 saturated carbocycles. The van der Waals surface area contributed by atoms with Crippen LogP contribution in [-0.2, 0) is 0 Å². The van der Waals surface area contributed by atoms with Gasteiger partial charge in [0.2, 0.25) is 0 Å². The van der Waals surface area contributed by atoms with Crippen LogP contribution in [0.5, 0.6) is 5.75 Å². The summed E-state index contributed by atoms with van der Waals surface area (Å²) in [7, 11) is 0. The molecule has 148 valence electrons. The van der Waals surface area contributed by atoms with Gasteiger partial charge in [-0.2, -0.15) is 17.6 Å². The first-order valence-corrected chi connectivity index (χ1v) is 9.36. The third kappa shape index (κ3) is 5.28. The van der Waals surface area contributed by atoms with Crippen LogP contribution < -0.4 is 4.74 Å². The van der Waals surface area contributed by atoms with Crippen LogP contribution in [0.25, 0.3) is 0 Å². The van der Waals surface area contributed by atoms with Gasteiger partial charge in [-0.3, -0.25) is 0 Å². The van der Waals surface area contributed by atoms with Gasteiger partial charge in [0.05, 0.1) is 0 Å². The topological polar surface area (TPSA) is 9.23 Å². The van der Waals surface area contributed by atoms with Crippen molar-refractivity contribution in [1.82, 2.24) is 0 Å². The van der Waals surface area contributed by atoms with E-state index in [2.05, 4.69) is 47.8 Å². The molecular weight excluding hydrogens is 368 g/mol. The molecule has 0 radical (unpaired) electrons.